The normalized spacial score (nSPS) is 16.5. The monoisotopic (exact) mass is 531 g/mol. The second kappa shape index (κ2) is 10.8. The lowest BCUT2D eigenvalue weighted by atomic mass is 10.1. The summed E-state index contributed by atoms with van der Waals surface area (Å²) >= 11 is 0. The maximum Gasteiger partial charge on any atom is 0.256 e. The van der Waals surface area contributed by atoms with Gasteiger partial charge in [-0.3, -0.25) is 14.5 Å². The minimum absolute atomic E-state index is 0.168. The van der Waals surface area contributed by atoms with E-state index in [4.69, 9.17) is 4.74 Å². The third-order valence-electron chi connectivity index (χ3n) is 7.39. The standard InChI is InChI=1S/C29H37N5O3Si/c1-20-6-5-9-33(20)18-25-13-24-17-30-27(15-26(24)34(25)19-37-10-11-38(2,3)4)32-29(36)22-8-7-21-14-28(35)31-16-23(21)12-22/h7-8,12-17,20H,5-6,9-11,18-19H2,1-4H3,(H,31,35)(H,30,32,36)/t20-/m0/s1. The molecule has 200 valence electrons. The quantitative estimate of drug-likeness (QED) is 0.222. The van der Waals surface area contributed by atoms with Gasteiger partial charge in [-0.1, -0.05) is 25.7 Å². The first-order valence-corrected chi connectivity index (χ1v) is 17.1. The van der Waals surface area contributed by atoms with Gasteiger partial charge >= 0.3 is 0 Å². The smallest absolute Gasteiger partial charge is 0.256 e. The summed E-state index contributed by atoms with van der Waals surface area (Å²) in [7, 11) is -1.18. The topological polar surface area (TPSA) is 92.3 Å². The van der Waals surface area contributed by atoms with Gasteiger partial charge in [-0.15, -0.1) is 0 Å². The highest BCUT2D eigenvalue weighted by Crippen LogP contribution is 2.26. The molecule has 2 N–H and O–H groups in total. The molecule has 0 bridgehead atoms. The van der Waals surface area contributed by atoms with Crippen LogP contribution < -0.4 is 10.9 Å². The lowest BCUT2D eigenvalue weighted by Crippen LogP contribution is -2.27. The molecule has 4 heterocycles. The van der Waals surface area contributed by atoms with Crippen molar-refractivity contribution in [2.75, 3.05) is 18.5 Å². The first-order chi connectivity index (χ1) is 18.2. The maximum absolute atomic E-state index is 13.1. The molecule has 0 saturated carbocycles. The number of nitrogens with one attached hydrogen (secondary N) is 2. The third kappa shape index (κ3) is 6.06. The number of aromatic nitrogens is 3. The summed E-state index contributed by atoms with van der Waals surface area (Å²) in [4.78, 5) is 34.3. The molecule has 4 aromatic rings. The van der Waals surface area contributed by atoms with E-state index < -0.39 is 8.07 Å². The highest BCUT2D eigenvalue weighted by molar-refractivity contribution is 6.76. The number of aromatic amines is 1. The second-order valence-electron chi connectivity index (χ2n) is 11.6. The number of anilines is 1. The number of hydrogen-bond donors (Lipinski definition) is 2. The zero-order valence-electron chi connectivity index (χ0n) is 22.7. The molecule has 38 heavy (non-hydrogen) atoms. The van der Waals surface area contributed by atoms with Gasteiger partial charge in [0.05, 0.1) is 5.52 Å². The van der Waals surface area contributed by atoms with Crippen LogP contribution in [-0.2, 0) is 18.0 Å². The van der Waals surface area contributed by atoms with Gasteiger partial charge in [0.1, 0.15) is 12.5 Å². The Bertz CT molecular complexity index is 1520. The van der Waals surface area contributed by atoms with Gasteiger partial charge in [-0.05, 0) is 61.3 Å². The van der Waals surface area contributed by atoms with E-state index in [0.29, 0.717) is 24.2 Å². The zero-order valence-corrected chi connectivity index (χ0v) is 23.7. The second-order valence-corrected chi connectivity index (χ2v) is 17.2. The molecule has 3 aromatic heterocycles. The SMILES string of the molecule is C[C@H]1CCCN1Cc1cc2cnc(NC(=O)c3ccc4cc(=O)[nH]cc4c3)cc2n1COCC[Si](C)(C)C. The maximum atomic E-state index is 13.1. The van der Waals surface area contributed by atoms with Crippen LogP contribution in [0.1, 0.15) is 35.8 Å². The molecule has 0 aliphatic carbocycles. The number of H-pyrrole nitrogens is 1. The van der Waals surface area contributed by atoms with Crippen molar-refractivity contribution in [3.63, 3.8) is 0 Å². The van der Waals surface area contributed by atoms with E-state index in [0.717, 1.165) is 47.4 Å². The van der Waals surface area contributed by atoms with Crippen molar-refractivity contribution in [3.8, 4) is 0 Å². The largest absolute Gasteiger partial charge is 0.361 e. The Balaban J connectivity index is 1.39. The van der Waals surface area contributed by atoms with Crippen molar-refractivity contribution >= 4 is 41.5 Å². The van der Waals surface area contributed by atoms with Crippen LogP contribution in [0.15, 0.2) is 53.6 Å². The molecule has 1 fully saturated rings. The molecule has 1 aliphatic heterocycles. The molecule has 1 atom stereocenters. The van der Waals surface area contributed by atoms with E-state index in [-0.39, 0.29) is 11.5 Å². The fourth-order valence-corrected chi connectivity index (χ4v) is 5.78. The Labute approximate surface area is 224 Å². The van der Waals surface area contributed by atoms with Crippen molar-refractivity contribution in [2.24, 2.45) is 0 Å². The number of carbonyl (C=O) groups excluding carboxylic acids is 1. The van der Waals surface area contributed by atoms with Gasteiger partial charge in [0.2, 0.25) is 5.56 Å². The van der Waals surface area contributed by atoms with Crippen molar-refractivity contribution in [3.05, 3.63) is 70.4 Å². The van der Waals surface area contributed by atoms with Crippen LogP contribution in [0.25, 0.3) is 21.7 Å². The number of rotatable bonds is 9. The number of nitrogens with zero attached hydrogens (tertiary/aromatic N) is 3. The number of ether oxygens (including phenoxy) is 1. The average Bonchev–Trinajstić information content (AvgIpc) is 3.43. The number of amides is 1. The van der Waals surface area contributed by atoms with Crippen LogP contribution >= 0.6 is 0 Å². The van der Waals surface area contributed by atoms with Gasteiger partial charge in [0, 0.05) is 68.4 Å². The molecular weight excluding hydrogens is 494 g/mol. The summed E-state index contributed by atoms with van der Waals surface area (Å²) in [6.45, 7) is 12.6. The molecule has 0 spiro atoms. The minimum Gasteiger partial charge on any atom is -0.361 e. The fourth-order valence-electron chi connectivity index (χ4n) is 5.03. The minimum atomic E-state index is -1.18. The highest BCUT2D eigenvalue weighted by atomic mass is 28.3. The molecule has 1 saturated heterocycles. The van der Waals surface area contributed by atoms with E-state index >= 15 is 0 Å². The number of pyridine rings is 2. The Morgan fingerprint density at radius 1 is 1.16 bits per heavy atom. The number of hydrogen-bond acceptors (Lipinski definition) is 5. The van der Waals surface area contributed by atoms with Crippen LogP contribution in [-0.4, -0.2) is 52.6 Å². The third-order valence-corrected chi connectivity index (χ3v) is 9.10. The number of benzene rings is 1. The molecule has 0 unspecified atom stereocenters. The summed E-state index contributed by atoms with van der Waals surface area (Å²) in [6.07, 6.45) is 5.91. The Morgan fingerprint density at radius 2 is 2.00 bits per heavy atom. The van der Waals surface area contributed by atoms with Crippen LogP contribution in [0.3, 0.4) is 0 Å². The van der Waals surface area contributed by atoms with E-state index in [1.165, 1.54) is 24.6 Å². The molecule has 5 rings (SSSR count). The summed E-state index contributed by atoms with van der Waals surface area (Å²) in [5, 5.41) is 5.57. The van der Waals surface area contributed by atoms with Crippen LogP contribution in [0.2, 0.25) is 25.7 Å². The van der Waals surface area contributed by atoms with Crippen LogP contribution in [0.5, 0.6) is 0 Å². The van der Waals surface area contributed by atoms with Gasteiger partial charge in [0.15, 0.2) is 0 Å². The van der Waals surface area contributed by atoms with E-state index in [1.807, 2.05) is 12.3 Å². The van der Waals surface area contributed by atoms with Gasteiger partial charge in [-0.25, -0.2) is 4.98 Å². The average molecular weight is 532 g/mol. The van der Waals surface area contributed by atoms with Crippen LogP contribution in [0, 0.1) is 0 Å². The molecular formula is C29H37N5O3Si. The first-order valence-electron chi connectivity index (χ1n) is 13.4. The van der Waals surface area contributed by atoms with Crippen molar-refractivity contribution in [2.45, 2.75) is 64.8 Å². The van der Waals surface area contributed by atoms with E-state index in [2.05, 4.69) is 57.4 Å². The number of carbonyl (C=O) groups is 1. The van der Waals surface area contributed by atoms with Crippen molar-refractivity contribution in [1.29, 1.82) is 0 Å². The number of fused-ring (bicyclic) bond motifs is 2. The molecule has 8 nitrogen and oxygen atoms in total. The zero-order chi connectivity index (χ0) is 26.9. The lowest BCUT2D eigenvalue weighted by Gasteiger charge is -2.22. The van der Waals surface area contributed by atoms with Crippen LogP contribution in [0.4, 0.5) is 5.82 Å². The summed E-state index contributed by atoms with van der Waals surface area (Å²) < 4.78 is 8.41. The van der Waals surface area contributed by atoms with Gasteiger partial charge < -0.3 is 19.6 Å². The van der Waals surface area contributed by atoms with Crippen molar-refractivity contribution in [1.82, 2.24) is 19.4 Å². The van der Waals surface area contributed by atoms with Gasteiger partial charge in [-0.2, -0.15) is 0 Å². The Morgan fingerprint density at radius 3 is 2.76 bits per heavy atom. The summed E-state index contributed by atoms with van der Waals surface area (Å²) in [5.41, 5.74) is 2.54. The predicted octanol–water partition coefficient (Wildman–Crippen LogP) is 5.43. The summed E-state index contributed by atoms with van der Waals surface area (Å²) in [6, 6.07) is 12.6. The predicted molar refractivity (Wildman–Crippen MR) is 155 cm³/mol. The summed E-state index contributed by atoms with van der Waals surface area (Å²) in [5.74, 6) is 0.243. The Kier molecular flexibility index (Phi) is 7.51. The highest BCUT2D eigenvalue weighted by Gasteiger charge is 2.23. The van der Waals surface area contributed by atoms with E-state index in [1.54, 1.807) is 24.4 Å². The first kappa shape index (κ1) is 26.3. The lowest BCUT2D eigenvalue weighted by molar-refractivity contribution is 0.0863. The molecule has 1 aromatic carbocycles. The fraction of sp³-hybridized carbons (Fsp3) is 0.414. The molecule has 9 heteroatoms. The van der Waals surface area contributed by atoms with E-state index in [9.17, 15) is 9.59 Å². The molecule has 1 aliphatic rings. The molecule has 0 radical (unpaired) electrons. The van der Waals surface area contributed by atoms with Crippen molar-refractivity contribution < 1.29 is 9.53 Å². The number of likely N-dealkylation sites (tertiary alicyclic amines) is 1. The molecule has 1 amide bonds. The van der Waals surface area contributed by atoms with Gasteiger partial charge in [0.25, 0.3) is 5.91 Å². The Hall–Kier alpha value is -3.27.